The highest BCUT2D eigenvalue weighted by molar-refractivity contribution is 5.95. The van der Waals surface area contributed by atoms with Crippen LogP contribution in [0.25, 0.3) is 0 Å². The summed E-state index contributed by atoms with van der Waals surface area (Å²) in [5.74, 6) is -1.27. The van der Waals surface area contributed by atoms with Crippen LogP contribution in [0.2, 0.25) is 0 Å². The third-order valence-electron chi connectivity index (χ3n) is 6.40. The van der Waals surface area contributed by atoms with Crippen molar-refractivity contribution >= 4 is 17.5 Å². The van der Waals surface area contributed by atoms with Crippen molar-refractivity contribution in [3.63, 3.8) is 0 Å². The SMILES string of the molecule is COc1ccc([C@@H]2CC(=O)N(CC(=O)Nc3ccc4c(c3)OC(F)(F)C(F)(F)O4)C2)cc1OC1CCCO1. The van der Waals surface area contributed by atoms with Gasteiger partial charge in [0.2, 0.25) is 11.8 Å². The molecular formula is C25H24F4N2O7. The van der Waals surface area contributed by atoms with Crippen molar-refractivity contribution in [2.45, 2.75) is 43.7 Å². The number of nitrogens with zero attached hydrogens (tertiary/aromatic N) is 1. The number of fused-ring (bicyclic) bond motifs is 1. The van der Waals surface area contributed by atoms with Gasteiger partial charge >= 0.3 is 12.2 Å². The molecule has 3 heterocycles. The van der Waals surface area contributed by atoms with Gasteiger partial charge in [0.15, 0.2) is 29.3 Å². The average molecular weight is 540 g/mol. The second-order valence-corrected chi connectivity index (χ2v) is 9.09. The fraction of sp³-hybridized carbons (Fsp3) is 0.440. The molecule has 2 amide bonds. The van der Waals surface area contributed by atoms with Gasteiger partial charge in [0.1, 0.15) is 0 Å². The Morgan fingerprint density at radius 2 is 1.84 bits per heavy atom. The largest absolute Gasteiger partial charge is 0.507 e. The quantitative estimate of drug-likeness (QED) is 0.528. The molecule has 0 radical (unpaired) electrons. The lowest BCUT2D eigenvalue weighted by atomic mass is 9.98. The molecule has 0 aromatic heterocycles. The van der Waals surface area contributed by atoms with Crippen molar-refractivity contribution < 1.29 is 50.8 Å². The molecule has 2 atom stereocenters. The van der Waals surface area contributed by atoms with Crippen LogP contribution < -0.4 is 24.3 Å². The Balaban J connectivity index is 1.22. The summed E-state index contributed by atoms with van der Waals surface area (Å²) in [6, 6.07) is 8.50. The van der Waals surface area contributed by atoms with Crippen molar-refractivity contribution in [3.8, 4) is 23.0 Å². The predicted molar refractivity (Wildman–Crippen MR) is 123 cm³/mol. The smallest absolute Gasteiger partial charge is 0.493 e. The van der Waals surface area contributed by atoms with Crippen LogP contribution in [-0.2, 0) is 14.3 Å². The van der Waals surface area contributed by atoms with Gasteiger partial charge in [0, 0.05) is 37.1 Å². The van der Waals surface area contributed by atoms with Crippen molar-refractivity contribution in [2.24, 2.45) is 0 Å². The van der Waals surface area contributed by atoms with Crippen molar-refractivity contribution in [2.75, 3.05) is 32.1 Å². The Morgan fingerprint density at radius 3 is 2.55 bits per heavy atom. The first-order chi connectivity index (χ1) is 18.0. The number of hydrogen-bond donors (Lipinski definition) is 1. The number of methoxy groups -OCH3 is 1. The van der Waals surface area contributed by atoms with Crippen LogP contribution in [-0.4, -0.2) is 62.0 Å². The lowest BCUT2D eigenvalue weighted by molar-refractivity contribution is -0.391. The summed E-state index contributed by atoms with van der Waals surface area (Å²) in [7, 11) is 1.53. The van der Waals surface area contributed by atoms with Gasteiger partial charge in [-0.1, -0.05) is 6.07 Å². The molecule has 5 rings (SSSR count). The number of alkyl halides is 4. The van der Waals surface area contributed by atoms with Gasteiger partial charge in [-0.15, -0.1) is 0 Å². The molecule has 3 aliphatic heterocycles. The summed E-state index contributed by atoms with van der Waals surface area (Å²) in [4.78, 5) is 26.6. The first-order valence-corrected chi connectivity index (χ1v) is 11.9. The molecule has 38 heavy (non-hydrogen) atoms. The van der Waals surface area contributed by atoms with E-state index in [0.717, 1.165) is 30.5 Å². The maximum atomic E-state index is 13.5. The summed E-state index contributed by atoms with van der Waals surface area (Å²) in [6.45, 7) is 0.587. The molecule has 2 fully saturated rings. The number of rotatable bonds is 7. The summed E-state index contributed by atoms with van der Waals surface area (Å²) in [5, 5.41) is 2.46. The topological polar surface area (TPSA) is 95.6 Å². The first kappa shape index (κ1) is 25.9. The van der Waals surface area contributed by atoms with Gasteiger partial charge in [-0.05, 0) is 36.2 Å². The number of carbonyl (C=O) groups excluding carboxylic acids is 2. The zero-order chi connectivity index (χ0) is 27.1. The number of nitrogens with one attached hydrogen (secondary N) is 1. The van der Waals surface area contributed by atoms with E-state index in [4.69, 9.17) is 14.2 Å². The third kappa shape index (κ3) is 5.15. The normalized spacial score (nSPS) is 23.3. The molecule has 9 nitrogen and oxygen atoms in total. The standard InChI is InChI=1S/C25H24F4N2O7/c1-34-17-6-4-14(9-19(17)36-23-3-2-8-35-23)15-10-22(33)31(12-15)13-21(32)30-16-5-7-18-20(11-16)38-25(28,29)24(26,27)37-18/h4-7,9,11,15,23H,2-3,8,10,12-13H2,1H3,(H,30,32)/t15-,23?/m1/s1. The number of benzene rings is 2. The fourth-order valence-corrected chi connectivity index (χ4v) is 4.49. The van der Waals surface area contributed by atoms with Gasteiger partial charge in [-0.2, -0.15) is 17.6 Å². The second-order valence-electron chi connectivity index (χ2n) is 9.09. The maximum absolute atomic E-state index is 13.5. The van der Waals surface area contributed by atoms with E-state index in [9.17, 15) is 27.2 Å². The van der Waals surface area contributed by atoms with Gasteiger partial charge in [0.25, 0.3) is 0 Å². The zero-order valence-electron chi connectivity index (χ0n) is 20.2. The van der Waals surface area contributed by atoms with E-state index in [2.05, 4.69) is 14.8 Å². The number of carbonyl (C=O) groups is 2. The number of likely N-dealkylation sites (tertiary alicyclic amines) is 1. The minimum Gasteiger partial charge on any atom is -0.493 e. The Morgan fingerprint density at radius 1 is 1.08 bits per heavy atom. The third-order valence-corrected chi connectivity index (χ3v) is 6.40. The van der Waals surface area contributed by atoms with E-state index in [1.807, 2.05) is 6.07 Å². The number of anilines is 1. The molecule has 2 aromatic rings. The fourth-order valence-electron chi connectivity index (χ4n) is 4.49. The summed E-state index contributed by atoms with van der Waals surface area (Å²) in [5.41, 5.74) is 0.840. The molecule has 0 bridgehead atoms. The van der Waals surface area contributed by atoms with E-state index in [1.165, 1.54) is 18.1 Å². The molecule has 0 saturated carbocycles. The Bertz CT molecular complexity index is 1240. The average Bonchev–Trinajstić information content (AvgIpc) is 3.49. The van der Waals surface area contributed by atoms with Crippen LogP contribution >= 0.6 is 0 Å². The molecule has 1 N–H and O–H groups in total. The molecule has 2 saturated heterocycles. The van der Waals surface area contributed by atoms with E-state index < -0.39 is 29.6 Å². The monoisotopic (exact) mass is 540 g/mol. The number of hydrogen-bond acceptors (Lipinski definition) is 7. The predicted octanol–water partition coefficient (Wildman–Crippen LogP) is 4.12. The first-order valence-electron chi connectivity index (χ1n) is 11.9. The van der Waals surface area contributed by atoms with Gasteiger partial charge in [-0.25, -0.2) is 0 Å². The highest BCUT2D eigenvalue weighted by atomic mass is 19.3. The summed E-state index contributed by atoms with van der Waals surface area (Å²) >= 11 is 0. The second kappa shape index (κ2) is 9.86. The lowest BCUT2D eigenvalue weighted by Crippen LogP contribution is -2.52. The minimum atomic E-state index is -4.88. The highest BCUT2D eigenvalue weighted by Crippen LogP contribution is 2.47. The van der Waals surface area contributed by atoms with Crippen molar-refractivity contribution in [1.29, 1.82) is 0 Å². The summed E-state index contributed by atoms with van der Waals surface area (Å²) < 4.78 is 78.5. The van der Waals surface area contributed by atoms with Crippen LogP contribution in [0.4, 0.5) is 23.2 Å². The van der Waals surface area contributed by atoms with Crippen LogP contribution in [0, 0.1) is 0 Å². The van der Waals surface area contributed by atoms with Crippen molar-refractivity contribution in [3.05, 3.63) is 42.0 Å². The molecule has 13 heteroatoms. The zero-order valence-corrected chi connectivity index (χ0v) is 20.2. The van der Waals surface area contributed by atoms with Gasteiger partial charge in [0.05, 0.1) is 20.3 Å². The highest BCUT2D eigenvalue weighted by Gasteiger charge is 2.65. The van der Waals surface area contributed by atoms with Crippen LogP contribution in [0.3, 0.4) is 0 Å². The van der Waals surface area contributed by atoms with Gasteiger partial charge in [-0.3, -0.25) is 9.59 Å². The Labute approximate surface area is 214 Å². The molecular weight excluding hydrogens is 516 g/mol. The van der Waals surface area contributed by atoms with Gasteiger partial charge < -0.3 is 33.9 Å². The number of ether oxygens (including phenoxy) is 5. The van der Waals surface area contributed by atoms with Crippen LogP contribution in [0.1, 0.15) is 30.7 Å². The Hall–Kier alpha value is -3.74. The molecule has 3 aliphatic rings. The number of halogens is 4. The molecule has 2 aromatic carbocycles. The maximum Gasteiger partial charge on any atom is 0.507 e. The van der Waals surface area contributed by atoms with E-state index in [1.54, 1.807) is 12.1 Å². The van der Waals surface area contributed by atoms with E-state index in [-0.39, 0.29) is 43.3 Å². The number of amides is 2. The van der Waals surface area contributed by atoms with Crippen molar-refractivity contribution in [1.82, 2.24) is 4.90 Å². The molecule has 204 valence electrons. The molecule has 0 spiro atoms. The lowest BCUT2D eigenvalue weighted by Gasteiger charge is -2.31. The van der Waals surface area contributed by atoms with Crippen LogP contribution in [0.5, 0.6) is 23.0 Å². The molecule has 0 aliphatic carbocycles. The van der Waals surface area contributed by atoms with Crippen LogP contribution in [0.15, 0.2) is 36.4 Å². The molecule has 1 unspecified atom stereocenters. The summed E-state index contributed by atoms with van der Waals surface area (Å²) in [6.07, 6.45) is -8.25. The van der Waals surface area contributed by atoms with E-state index in [0.29, 0.717) is 18.1 Å². The van der Waals surface area contributed by atoms with E-state index >= 15 is 0 Å². The minimum absolute atomic E-state index is 0.00707. The Kier molecular flexibility index (Phi) is 6.72.